The van der Waals surface area contributed by atoms with Crippen molar-refractivity contribution in [2.45, 2.75) is 12.5 Å². The maximum Gasteiger partial charge on any atom is 0.328 e. The smallest absolute Gasteiger partial charge is 0.328 e. The molecule has 1 N–H and O–H groups in total. The van der Waals surface area contributed by atoms with Crippen LogP contribution in [0.3, 0.4) is 0 Å². The highest BCUT2D eigenvalue weighted by atomic mass is 19.1. The fourth-order valence-corrected chi connectivity index (χ4v) is 2.17. The summed E-state index contributed by atoms with van der Waals surface area (Å²) in [5, 5.41) is 11.3. The molecule has 24 heavy (non-hydrogen) atoms. The Labute approximate surface area is 138 Å². The summed E-state index contributed by atoms with van der Waals surface area (Å²) in [4.78, 5) is 24.1. The van der Waals surface area contributed by atoms with Gasteiger partial charge in [-0.05, 0) is 29.8 Å². The number of methoxy groups -OCH3 is 1. The van der Waals surface area contributed by atoms with E-state index in [1.165, 1.54) is 31.4 Å². The fraction of sp³-hybridized carbons (Fsp3) is 0.167. The molecule has 0 saturated heterocycles. The molecule has 0 aliphatic rings. The maximum atomic E-state index is 13.7. The summed E-state index contributed by atoms with van der Waals surface area (Å²) in [5.74, 6) is -2.00. The minimum absolute atomic E-state index is 0.147. The number of nitriles is 1. The monoisotopic (exact) mass is 326 g/mol. The molecule has 0 aliphatic heterocycles. The second kappa shape index (κ2) is 7.88. The quantitative estimate of drug-likeness (QED) is 0.855. The van der Waals surface area contributed by atoms with E-state index >= 15 is 0 Å². The number of halogens is 1. The van der Waals surface area contributed by atoms with E-state index in [0.29, 0.717) is 5.56 Å². The summed E-state index contributed by atoms with van der Waals surface area (Å²) >= 11 is 0. The van der Waals surface area contributed by atoms with Crippen molar-refractivity contribution in [2.75, 3.05) is 7.11 Å². The molecule has 1 atom stereocenters. The van der Waals surface area contributed by atoms with Crippen molar-refractivity contribution in [3.8, 4) is 6.07 Å². The highest BCUT2D eigenvalue weighted by molar-refractivity contribution is 5.97. The molecule has 0 saturated carbocycles. The van der Waals surface area contributed by atoms with Crippen LogP contribution in [-0.4, -0.2) is 25.0 Å². The van der Waals surface area contributed by atoms with Crippen LogP contribution in [0.5, 0.6) is 0 Å². The zero-order valence-corrected chi connectivity index (χ0v) is 13.0. The number of amides is 1. The third-order valence-corrected chi connectivity index (χ3v) is 3.43. The summed E-state index contributed by atoms with van der Waals surface area (Å²) in [6.45, 7) is 0. The lowest BCUT2D eigenvalue weighted by molar-refractivity contribution is -0.142. The molecular weight excluding hydrogens is 311 g/mol. The lowest BCUT2D eigenvalue weighted by Crippen LogP contribution is -2.43. The predicted molar refractivity (Wildman–Crippen MR) is 84.5 cm³/mol. The Kier molecular flexibility index (Phi) is 5.63. The van der Waals surface area contributed by atoms with Gasteiger partial charge in [-0.15, -0.1) is 0 Å². The van der Waals surface area contributed by atoms with E-state index in [2.05, 4.69) is 5.32 Å². The molecule has 0 fully saturated rings. The molecule has 0 unspecified atom stereocenters. The largest absolute Gasteiger partial charge is 0.467 e. The number of carbonyl (C=O) groups excluding carboxylic acids is 2. The molecule has 0 bridgehead atoms. The van der Waals surface area contributed by atoms with Crippen molar-refractivity contribution >= 4 is 11.9 Å². The highest BCUT2D eigenvalue weighted by Crippen LogP contribution is 2.10. The number of esters is 1. The van der Waals surface area contributed by atoms with Crippen LogP contribution in [0, 0.1) is 17.1 Å². The van der Waals surface area contributed by atoms with Crippen LogP contribution in [0.1, 0.15) is 21.5 Å². The standard InChI is InChI=1S/C18H15FN2O3/c1-24-18(23)16(10-12-6-8-13(11-20)9-7-12)21-17(22)14-4-2-3-5-15(14)19/h2-9,16H,10H2,1H3,(H,21,22)/t16-/m1/s1. The molecule has 0 spiro atoms. The Morgan fingerprint density at radius 1 is 1.21 bits per heavy atom. The highest BCUT2D eigenvalue weighted by Gasteiger charge is 2.23. The van der Waals surface area contributed by atoms with E-state index in [0.717, 1.165) is 5.56 Å². The Hall–Kier alpha value is -3.20. The molecule has 5 nitrogen and oxygen atoms in total. The normalized spacial score (nSPS) is 11.2. The zero-order chi connectivity index (χ0) is 17.5. The van der Waals surface area contributed by atoms with Crippen LogP contribution in [-0.2, 0) is 16.0 Å². The molecule has 0 heterocycles. The van der Waals surface area contributed by atoms with Gasteiger partial charge in [0.2, 0.25) is 0 Å². The van der Waals surface area contributed by atoms with Gasteiger partial charge in [-0.2, -0.15) is 5.26 Å². The molecule has 2 aromatic carbocycles. The molecule has 122 valence electrons. The second-order valence-electron chi connectivity index (χ2n) is 5.04. The number of benzene rings is 2. The molecular formula is C18H15FN2O3. The van der Waals surface area contributed by atoms with Gasteiger partial charge in [0.25, 0.3) is 5.91 Å². The third-order valence-electron chi connectivity index (χ3n) is 3.43. The van der Waals surface area contributed by atoms with Crippen LogP contribution in [0.25, 0.3) is 0 Å². The van der Waals surface area contributed by atoms with Crippen molar-refractivity contribution < 1.29 is 18.7 Å². The number of ether oxygens (including phenoxy) is 1. The Balaban J connectivity index is 2.16. The lowest BCUT2D eigenvalue weighted by Gasteiger charge is -2.17. The third kappa shape index (κ3) is 4.17. The minimum Gasteiger partial charge on any atom is -0.467 e. The van der Waals surface area contributed by atoms with E-state index in [4.69, 9.17) is 10.00 Å². The first-order chi connectivity index (χ1) is 11.5. The topological polar surface area (TPSA) is 79.2 Å². The van der Waals surface area contributed by atoms with Gasteiger partial charge < -0.3 is 10.1 Å². The predicted octanol–water partition coefficient (Wildman–Crippen LogP) is 2.21. The van der Waals surface area contributed by atoms with E-state index in [1.54, 1.807) is 24.3 Å². The van der Waals surface area contributed by atoms with E-state index in [9.17, 15) is 14.0 Å². The number of nitrogens with one attached hydrogen (secondary N) is 1. The van der Waals surface area contributed by atoms with Crippen molar-refractivity contribution in [1.29, 1.82) is 5.26 Å². The lowest BCUT2D eigenvalue weighted by atomic mass is 10.0. The van der Waals surface area contributed by atoms with Gasteiger partial charge in [-0.25, -0.2) is 9.18 Å². The van der Waals surface area contributed by atoms with Crippen molar-refractivity contribution in [3.05, 3.63) is 71.0 Å². The molecule has 1 amide bonds. The zero-order valence-electron chi connectivity index (χ0n) is 13.0. The van der Waals surface area contributed by atoms with Gasteiger partial charge in [-0.1, -0.05) is 24.3 Å². The average Bonchev–Trinajstić information content (AvgIpc) is 2.61. The van der Waals surface area contributed by atoms with E-state index in [-0.39, 0.29) is 12.0 Å². The Morgan fingerprint density at radius 2 is 1.88 bits per heavy atom. The average molecular weight is 326 g/mol. The summed E-state index contributed by atoms with van der Waals surface area (Å²) in [6, 6.07) is 13.1. The van der Waals surface area contributed by atoms with Crippen LogP contribution in [0.15, 0.2) is 48.5 Å². The van der Waals surface area contributed by atoms with Gasteiger partial charge in [0.15, 0.2) is 0 Å². The molecule has 0 radical (unpaired) electrons. The second-order valence-corrected chi connectivity index (χ2v) is 5.04. The Morgan fingerprint density at radius 3 is 2.46 bits per heavy atom. The molecule has 0 aliphatic carbocycles. The van der Waals surface area contributed by atoms with E-state index < -0.39 is 23.7 Å². The maximum absolute atomic E-state index is 13.7. The van der Waals surface area contributed by atoms with Crippen LogP contribution >= 0.6 is 0 Å². The van der Waals surface area contributed by atoms with Gasteiger partial charge in [-0.3, -0.25) is 4.79 Å². The van der Waals surface area contributed by atoms with Crippen LogP contribution < -0.4 is 5.32 Å². The number of nitrogens with zero attached hydrogens (tertiary/aromatic N) is 1. The first-order valence-electron chi connectivity index (χ1n) is 7.17. The first-order valence-corrected chi connectivity index (χ1v) is 7.17. The number of rotatable bonds is 5. The van der Waals surface area contributed by atoms with Gasteiger partial charge in [0.05, 0.1) is 24.3 Å². The number of hydrogen-bond acceptors (Lipinski definition) is 4. The summed E-state index contributed by atoms with van der Waals surface area (Å²) < 4.78 is 18.4. The molecule has 6 heteroatoms. The van der Waals surface area contributed by atoms with Crippen LogP contribution in [0.2, 0.25) is 0 Å². The van der Waals surface area contributed by atoms with Gasteiger partial charge in [0, 0.05) is 6.42 Å². The molecule has 2 aromatic rings. The number of carbonyl (C=O) groups is 2. The van der Waals surface area contributed by atoms with E-state index in [1.807, 2.05) is 6.07 Å². The summed E-state index contributed by atoms with van der Waals surface area (Å²) in [5.41, 5.74) is 1.08. The fourth-order valence-electron chi connectivity index (χ4n) is 2.17. The molecule has 2 rings (SSSR count). The first kappa shape index (κ1) is 17.2. The number of hydrogen-bond donors (Lipinski definition) is 1. The SMILES string of the molecule is COC(=O)[C@@H](Cc1ccc(C#N)cc1)NC(=O)c1ccccc1F. The van der Waals surface area contributed by atoms with Crippen molar-refractivity contribution in [3.63, 3.8) is 0 Å². The van der Waals surface area contributed by atoms with Crippen molar-refractivity contribution in [1.82, 2.24) is 5.32 Å². The minimum atomic E-state index is -0.963. The van der Waals surface area contributed by atoms with Gasteiger partial charge in [0.1, 0.15) is 11.9 Å². The molecule has 0 aromatic heterocycles. The van der Waals surface area contributed by atoms with Gasteiger partial charge >= 0.3 is 5.97 Å². The summed E-state index contributed by atoms with van der Waals surface area (Å²) in [7, 11) is 1.21. The van der Waals surface area contributed by atoms with Crippen molar-refractivity contribution in [2.24, 2.45) is 0 Å². The van der Waals surface area contributed by atoms with Crippen LogP contribution in [0.4, 0.5) is 4.39 Å². The summed E-state index contributed by atoms with van der Waals surface area (Å²) in [6.07, 6.45) is 0.165. The Bertz CT molecular complexity index is 782.